The van der Waals surface area contributed by atoms with Crippen molar-refractivity contribution >= 4 is 5.91 Å². The molecule has 1 aromatic rings. The van der Waals surface area contributed by atoms with Crippen LogP contribution >= 0.6 is 0 Å². The van der Waals surface area contributed by atoms with E-state index in [4.69, 9.17) is 20.6 Å². The quantitative estimate of drug-likeness (QED) is 0.435. The van der Waals surface area contributed by atoms with Crippen molar-refractivity contribution in [1.29, 1.82) is 5.26 Å². The van der Waals surface area contributed by atoms with E-state index in [0.717, 1.165) is 0 Å². The lowest BCUT2D eigenvalue weighted by atomic mass is 10.2. The van der Waals surface area contributed by atoms with Crippen LogP contribution in [0.15, 0.2) is 18.2 Å². The Bertz CT molecular complexity index is 440. The van der Waals surface area contributed by atoms with Crippen LogP contribution in [-0.4, -0.2) is 19.6 Å². The molecule has 0 radical (unpaired) electrons. The molecular formula is C11H13N3O3. The first-order valence-corrected chi connectivity index (χ1v) is 4.91. The van der Waals surface area contributed by atoms with E-state index < -0.39 is 0 Å². The molecule has 1 aromatic carbocycles. The highest BCUT2D eigenvalue weighted by Crippen LogP contribution is 2.22. The number of ether oxygens (including phenoxy) is 2. The maximum Gasteiger partial charge on any atom is 0.237 e. The third-order valence-corrected chi connectivity index (χ3v) is 2.00. The normalized spacial score (nSPS) is 9.24. The average Bonchev–Trinajstić information content (AvgIpc) is 2.37. The molecular weight excluding hydrogens is 222 g/mol. The van der Waals surface area contributed by atoms with Gasteiger partial charge in [0.05, 0.1) is 31.8 Å². The molecule has 0 spiro atoms. The second kappa shape index (κ2) is 6.35. The summed E-state index contributed by atoms with van der Waals surface area (Å²) < 4.78 is 10.3. The standard InChI is InChI=1S/C11H13N3O3/c1-16-9-4-8(7-12)5-10(6-9)17-3-2-11(15)14-13/h4-6H,2-3,13H2,1H3,(H,14,15). The molecule has 0 fully saturated rings. The fraction of sp³-hybridized carbons (Fsp3) is 0.273. The van der Waals surface area contributed by atoms with E-state index in [9.17, 15) is 4.79 Å². The van der Waals surface area contributed by atoms with Crippen LogP contribution in [-0.2, 0) is 4.79 Å². The fourth-order valence-corrected chi connectivity index (χ4v) is 1.17. The second-order valence-corrected chi connectivity index (χ2v) is 3.17. The molecule has 0 atom stereocenters. The Morgan fingerprint density at radius 3 is 2.76 bits per heavy atom. The van der Waals surface area contributed by atoms with Gasteiger partial charge in [-0.05, 0) is 12.1 Å². The Labute approximate surface area is 98.9 Å². The molecule has 1 amide bonds. The molecule has 0 saturated heterocycles. The molecule has 6 nitrogen and oxygen atoms in total. The van der Waals surface area contributed by atoms with Crippen LogP contribution in [0.25, 0.3) is 0 Å². The maximum absolute atomic E-state index is 10.9. The number of carbonyl (C=O) groups is 1. The topological polar surface area (TPSA) is 97.4 Å². The summed E-state index contributed by atoms with van der Waals surface area (Å²) in [5, 5.41) is 8.79. The number of benzene rings is 1. The number of nitrogens with one attached hydrogen (secondary N) is 1. The smallest absolute Gasteiger partial charge is 0.237 e. The molecule has 0 aromatic heterocycles. The van der Waals surface area contributed by atoms with Crippen molar-refractivity contribution in [3.63, 3.8) is 0 Å². The lowest BCUT2D eigenvalue weighted by Crippen LogP contribution is -2.31. The highest BCUT2D eigenvalue weighted by Gasteiger charge is 2.03. The Balaban J connectivity index is 2.64. The van der Waals surface area contributed by atoms with E-state index in [1.165, 1.54) is 7.11 Å². The van der Waals surface area contributed by atoms with Crippen molar-refractivity contribution < 1.29 is 14.3 Å². The van der Waals surface area contributed by atoms with Gasteiger partial charge >= 0.3 is 0 Å². The third-order valence-electron chi connectivity index (χ3n) is 2.00. The summed E-state index contributed by atoms with van der Waals surface area (Å²) in [5.41, 5.74) is 2.43. The van der Waals surface area contributed by atoms with Gasteiger partial charge in [0.15, 0.2) is 0 Å². The Morgan fingerprint density at radius 2 is 2.18 bits per heavy atom. The van der Waals surface area contributed by atoms with Crippen molar-refractivity contribution in [2.24, 2.45) is 5.84 Å². The van der Waals surface area contributed by atoms with Crippen molar-refractivity contribution in [2.45, 2.75) is 6.42 Å². The monoisotopic (exact) mass is 235 g/mol. The molecule has 0 bridgehead atoms. The highest BCUT2D eigenvalue weighted by molar-refractivity contribution is 5.75. The van der Waals surface area contributed by atoms with Gasteiger partial charge in [0, 0.05) is 6.07 Å². The molecule has 17 heavy (non-hydrogen) atoms. The van der Waals surface area contributed by atoms with Crippen LogP contribution in [0.4, 0.5) is 0 Å². The summed E-state index contributed by atoms with van der Waals surface area (Å²) in [6.07, 6.45) is 0.148. The predicted molar refractivity (Wildman–Crippen MR) is 60.2 cm³/mol. The number of methoxy groups -OCH3 is 1. The maximum atomic E-state index is 10.9. The molecule has 0 heterocycles. The van der Waals surface area contributed by atoms with Crippen LogP contribution < -0.4 is 20.7 Å². The van der Waals surface area contributed by atoms with Gasteiger partial charge in [-0.1, -0.05) is 0 Å². The molecule has 0 aliphatic rings. The molecule has 3 N–H and O–H groups in total. The van der Waals surface area contributed by atoms with Crippen molar-refractivity contribution in [2.75, 3.05) is 13.7 Å². The SMILES string of the molecule is COc1cc(C#N)cc(OCCC(=O)NN)c1. The van der Waals surface area contributed by atoms with Gasteiger partial charge < -0.3 is 9.47 Å². The zero-order valence-corrected chi connectivity index (χ0v) is 9.40. The van der Waals surface area contributed by atoms with Gasteiger partial charge in [-0.15, -0.1) is 0 Å². The first-order chi connectivity index (χ1) is 8.19. The zero-order valence-electron chi connectivity index (χ0n) is 9.40. The van der Waals surface area contributed by atoms with Crippen LogP contribution in [0.3, 0.4) is 0 Å². The first-order valence-electron chi connectivity index (χ1n) is 4.91. The van der Waals surface area contributed by atoms with E-state index in [-0.39, 0.29) is 18.9 Å². The number of amides is 1. The lowest BCUT2D eigenvalue weighted by molar-refractivity contribution is -0.121. The molecule has 90 valence electrons. The minimum absolute atomic E-state index is 0.148. The zero-order chi connectivity index (χ0) is 12.7. The van der Waals surface area contributed by atoms with E-state index in [1.54, 1.807) is 18.2 Å². The summed E-state index contributed by atoms with van der Waals surface area (Å²) in [6, 6.07) is 6.80. The number of nitriles is 1. The third kappa shape index (κ3) is 4.01. The van der Waals surface area contributed by atoms with Gasteiger partial charge in [0.2, 0.25) is 5.91 Å². The summed E-state index contributed by atoms with van der Waals surface area (Å²) in [4.78, 5) is 10.9. The number of hydrazine groups is 1. The summed E-state index contributed by atoms with van der Waals surface area (Å²) in [5.74, 6) is 5.62. The van der Waals surface area contributed by atoms with Crippen LogP contribution in [0.5, 0.6) is 11.5 Å². The van der Waals surface area contributed by atoms with E-state index in [1.807, 2.05) is 11.5 Å². The van der Waals surface area contributed by atoms with Gasteiger partial charge in [-0.2, -0.15) is 5.26 Å². The van der Waals surface area contributed by atoms with Gasteiger partial charge in [0.1, 0.15) is 11.5 Å². The fourth-order valence-electron chi connectivity index (χ4n) is 1.17. The summed E-state index contributed by atoms with van der Waals surface area (Å²) in [6.45, 7) is 0.182. The van der Waals surface area contributed by atoms with Crippen LogP contribution in [0.1, 0.15) is 12.0 Å². The van der Waals surface area contributed by atoms with Crippen molar-refractivity contribution in [3.05, 3.63) is 23.8 Å². The Morgan fingerprint density at radius 1 is 1.47 bits per heavy atom. The van der Waals surface area contributed by atoms with E-state index >= 15 is 0 Å². The summed E-state index contributed by atoms with van der Waals surface area (Å²) >= 11 is 0. The molecule has 0 aliphatic carbocycles. The number of rotatable bonds is 5. The number of carbonyl (C=O) groups excluding carboxylic acids is 1. The lowest BCUT2D eigenvalue weighted by Gasteiger charge is -2.07. The molecule has 0 aliphatic heterocycles. The van der Waals surface area contributed by atoms with E-state index in [0.29, 0.717) is 17.1 Å². The molecule has 6 heteroatoms. The number of hydrogen-bond acceptors (Lipinski definition) is 5. The van der Waals surface area contributed by atoms with Gasteiger partial charge in [-0.3, -0.25) is 10.2 Å². The number of nitrogens with two attached hydrogens (primary N) is 1. The Kier molecular flexibility index (Phi) is 4.78. The highest BCUT2D eigenvalue weighted by atomic mass is 16.5. The van der Waals surface area contributed by atoms with Crippen molar-refractivity contribution in [1.82, 2.24) is 5.43 Å². The predicted octanol–water partition coefficient (Wildman–Crippen LogP) is 0.326. The minimum atomic E-state index is -0.312. The second-order valence-electron chi connectivity index (χ2n) is 3.17. The molecule has 1 rings (SSSR count). The van der Waals surface area contributed by atoms with Crippen LogP contribution in [0.2, 0.25) is 0 Å². The Hall–Kier alpha value is -2.26. The molecule has 0 unspecified atom stereocenters. The van der Waals surface area contributed by atoms with E-state index in [2.05, 4.69) is 0 Å². The van der Waals surface area contributed by atoms with Crippen molar-refractivity contribution in [3.8, 4) is 17.6 Å². The van der Waals surface area contributed by atoms with Gasteiger partial charge in [-0.25, -0.2) is 5.84 Å². The summed E-state index contributed by atoms with van der Waals surface area (Å²) in [7, 11) is 1.50. The number of nitrogens with zero attached hydrogens (tertiary/aromatic N) is 1. The van der Waals surface area contributed by atoms with Crippen LogP contribution in [0, 0.1) is 11.3 Å². The first kappa shape index (κ1) is 12.8. The number of hydrogen-bond donors (Lipinski definition) is 2. The van der Waals surface area contributed by atoms with Gasteiger partial charge in [0.25, 0.3) is 0 Å². The average molecular weight is 235 g/mol. The molecule has 0 saturated carbocycles. The largest absolute Gasteiger partial charge is 0.497 e. The minimum Gasteiger partial charge on any atom is -0.497 e.